The molecule has 1 aliphatic heterocycles. The van der Waals surface area contributed by atoms with E-state index in [1.165, 1.54) is 18.2 Å². The van der Waals surface area contributed by atoms with Gasteiger partial charge >= 0.3 is 0 Å². The number of rotatable bonds is 1. The summed E-state index contributed by atoms with van der Waals surface area (Å²) in [5.41, 5.74) is 2.06. The third kappa shape index (κ3) is 1.38. The first-order valence-corrected chi connectivity index (χ1v) is 6.40. The molecule has 0 amide bonds. The molecule has 18 heavy (non-hydrogen) atoms. The van der Waals surface area contributed by atoms with Crippen LogP contribution in [0.4, 0.5) is 5.95 Å². The summed E-state index contributed by atoms with van der Waals surface area (Å²) in [5.74, 6) is 0.853. The number of aromatic amines is 1. The summed E-state index contributed by atoms with van der Waals surface area (Å²) in [6, 6.07) is 8.26. The number of aromatic nitrogens is 3. The minimum absolute atomic E-state index is 0.853. The molecule has 0 bridgehead atoms. The molecule has 1 aromatic carbocycles. The van der Waals surface area contributed by atoms with Gasteiger partial charge in [-0.05, 0) is 18.9 Å². The van der Waals surface area contributed by atoms with Crippen molar-refractivity contribution in [2.24, 2.45) is 0 Å². The van der Waals surface area contributed by atoms with Gasteiger partial charge in [0.15, 0.2) is 0 Å². The van der Waals surface area contributed by atoms with Gasteiger partial charge in [0.05, 0.1) is 0 Å². The SMILES string of the molecule is c1ccc2c(c1)[nH]c1nc(N3CCCC3)ncc12. The van der Waals surface area contributed by atoms with Crippen molar-refractivity contribution in [2.45, 2.75) is 12.8 Å². The lowest BCUT2D eigenvalue weighted by Crippen LogP contribution is -2.20. The van der Waals surface area contributed by atoms with Crippen LogP contribution in [-0.4, -0.2) is 28.0 Å². The van der Waals surface area contributed by atoms with Crippen molar-refractivity contribution in [3.8, 4) is 0 Å². The molecule has 4 nitrogen and oxygen atoms in total. The first kappa shape index (κ1) is 9.88. The van der Waals surface area contributed by atoms with Gasteiger partial charge < -0.3 is 9.88 Å². The molecule has 2 aromatic heterocycles. The molecule has 1 fully saturated rings. The van der Waals surface area contributed by atoms with E-state index in [-0.39, 0.29) is 0 Å². The van der Waals surface area contributed by atoms with Gasteiger partial charge in [-0.3, -0.25) is 0 Å². The Kier molecular flexibility index (Phi) is 2.03. The number of hydrogen-bond donors (Lipinski definition) is 1. The Hall–Kier alpha value is -2.10. The minimum Gasteiger partial charge on any atom is -0.341 e. The van der Waals surface area contributed by atoms with E-state index in [0.717, 1.165) is 35.6 Å². The summed E-state index contributed by atoms with van der Waals surface area (Å²) in [6.45, 7) is 2.15. The van der Waals surface area contributed by atoms with E-state index in [2.05, 4.69) is 32.0 Å². The van der Waals surface area contributed by atoms with E-state index >= 15 is 0 Å². The molecule has 1 aliphatic rings. The average Bonchev–Trinajstić information content (AvgIpc) is 3.05. The van der Waals surface area contributed by atoms with Crippen LogP contribution in [0.5, 0.6) is 0 Å². The Morgan fingerprint density at radius 1 is 1.06 bits per heavy atom. The lowest BCUT2D eigenvalue weighted by atomic mass is 10.2. The zero-order chi connectivity index (χ0) is 11.9. The predicted octanol–water partition coefficient (Wildman–Crippen LogP) is 2.71. The molecule has 1 saturated heterocycles. The molecule has 0 atom stereocenters. The second kappa shape index (κ2) is 3.70. The van der Waals surface area contributed by atoms with Crippen LogP contribution >= 0.6 is 0 Å². The second-order valence-electron chi connectivity index (χ2n) is 4.80. The van der Waals surface area contributed by atoms with Crippen LogP contribution < -0.4 is 4.90 Å². The van der Waals surface area contributed by atoms with E-state index < -0.39 is 0 Å². The molecular weight excluding hydrogens is 224 g/mol. The third-order valence-electron chi connectivity index (χ3n) is 3.64. The number of H-pyrrole nitrogens is 1. The molecule has 0 saturated carbocycles. The third-order valence-corrected chi connectivity index (χ3v) is 3.64. The largest absolute Gasteiger partial charge is 0.341 e. The van der Waals surface area contributed by atoms with Crippen LogP contribution in [-0.2, 0) is 0 Å². The van der Waals surface area contributed by atoms with Gasteiger partial charge in [0.2, 0.25) is 5.95 Å². The molecular formula is C14H14N4. The molecule has 0 aliphatic carbocycles. The summed E-state index contributed by atoms with van der Waals surface area (Å²) >= 11 is 0. The topological polar surface area (TPSA) is 44.8 Å². The maximum Gasteiger partial charge on any atom is 0.227 e. The van der Waals surface area contributed by atoms with E-state index in [1.807, 2.05) is 18.3 Å². The lowest BCUT2D eigenvalue weighted by molar-refractivity contribution is 0.906. The van der Waals surface area contributed by atoms with E-state index in [1.54, 1.807) is 0 Å². The zero-order valence-electron chi connectivity index (χ0n) is 10.1. The van der Waals surface area contributed by atoms with Crippen molar-refractivity contribution in [3.05, 3.63) is 30.5 Å². The standard InChI is InChI=1S/C14H14N4/c1-2-6-12-10(5-1)11-9-15-14(17-13(11)16-12)18-7-3-4-8-18/h1-2,5-6,9H,3-4,7-8H2,(H,15,16,17). The number of fused-ring (bicyclic) bond motifs is 3. The molecule has 4 rings (SSSR count). The average molecular weight is 238 g/mol. The van der Waals surface area contributed by atoms with Gasteiger partial charge in [0.1, 0.15) is 5.65 Å². The van der Waals surface area contributed by atoms with E-state index in [4.69, 9.17) is 0 Å². The summed E-state index contributed by atoms with van der Waals surface area (Å²) < 4.78 is 0. The normalized spacial score (nSPS) is 15.9. The number of nitrogens with one attached hydrogen (secondary N) is 1. The minimum atomic E-state index is 0.853. The van der Waals surface area contributed by atoms with Crippen molar-refractivity contribution in [1.82, 2.24) is 15.0 Å². The van der Waals surface area contributed by atoms with E-state index in [9.17, 15) is 0 Å². The van der Waals surface area contributed by atoms with Crippen molar-refractivity contribution in [1.29, 1.82) is 0 Å². The number of benzene rings is 1. The lowest BCUT2D eigenvalue weighted by Gasteiger charge is -2.13. The number of anilines is 1. The van der Waals surface area contributed by atoms with Crippen LogP contribution in [0.25, 0.3) is 21.9 Å². The maximum atomic E-state index is 4.65. The van der Waals surface area contributed by atoms with Gasteiger partial charge in [-0.25, -0.2) is 4.98 Å². The Morgan fingerprint density at radius 2 is 1.89 bits per heavy atom. The first-order valence-electron chi connectivity index (χ1n) is 6.40. The van der Waals surface area contributed by atoms with Crippen molar-refractivity contribution >= 4 is 27.9 Å². The molecule has 0 spiro atoms. The number of nitrogens with zero attached hydrogens (tertiary/aromatic N) is 3. The molecule has 3 heterocycles. The summed E-state index contributed by atoms with van der Waals surface area (Å²) in [6.07, 6.45) is 4.43. The van der Waals surface area contributed by atoms with Gasteiger partial charge in [-0.15, -0.1) is 0 Å². The summed E-state index contributed by atoms with van der Waals surface area (Å²) in [7, 11) is 0. The maximum absolute atomic E-state index is 4.65. The Balaban J connectivity index is 1.92. The first-order chi connectivity index (χ1) is 8.92. The molecule has 0 radical (unpaired) electrons. The predicted molar refractivity (Wildman–Crippen MR) is 72.8 cm³/mol. The van der Waals surface area contributed by atoms with Crippen LogP contribution in [0.3, 0.4) is 0 Å². The smallest absolute Gasteiger partial charge is 0.227 e. The second-order valence-corrected chi connectivity index (χ2v) is 4.80. The zero-order valence-corrected chi connectivity index (χ0v) is 10.1. The van der Waals surface area contributed by atoms with Crippen molar-refractivity contribution < 1.29 is 0 Å². The molecule has 0 unspecified atom stereocenters. The molecule has 1 N–H and O–H groups in total. The molecule has 4 heteroatoms. The van der Waals surface area contributed by atoms with Crippen LogP contribution in [0, 0.1) is 0 Å². The number of para-hydroxylation sites is 1. The van der Waals surface area contributed by atoms with Gasteiger partial charge in [-0.2, -0.15) is 4.98 Å². The van der Waals surface area contributed by atoms with Gasteiger partial charge in [0.25, 0.3) is 0 Å². The van der Waals surface area contributed by atoms with E-state index in [0.29, 0.717) is 0 Å². The van der Waals surface area contributed by atoms with Crippen LogP contribution in [0.15, 0.2) is 30.5 Å². The summed E-state index contributed by atoms with van der Waals surface area (Å²) in [4.78, 5) is 14.8. The Morgan fingerprint density at radius 3 is 2.78 bits per heavy atom. The van der Waals surface area contributed by atoms with Crippen LogP contribution in [0.1, 0.15) is 12.8 Å². The summed E-state index contributed by atoms with van der Waals surface area (Å²) in [5, 5.41) is 2.30. The number of hydrogen-bond acceptors (Lipinski definition) is 3. The van der Waals surface area contributed by atoms with Gasteiger partial charge in [-0.1, -0.05) is 18.2 Å². The highest BCUT2D eigenvalue weighted by molar-refractivity contribution is 6.05. The van der Waals surface area contributed by atoms with Crippen LogP contribution in [0.2, 0.25) is 0 Å². The fourth-order valence-electron chi connectivity index (χ4n) is 2.69. The Labute approximate surface area is 105 Å². The highest BCUT2D eigenvalue weighted by Crippen LogP contribution is 2.25. The van der Waals surface area contributed by atoms with Crippen molar-refractivity contribution in [3.63, 3.8) is 0 Å². The quantitative estimate of drug-likeness (QED) is 0.709. The monoisotopic (exact) mass is 238 g/mol. The highest BCUT2D eigenvalue weighted by atomic mass is 15.3. The fraction of sp³-hybridized carbons (Fsp3) is 0.286. The fourth-order valence-corrected chi connectivity index (χ4v) is 2.69. The van der Waals surface area contributed by atoms with Crippen molar-refractivity contribution in [2.75, 3.05) is 18.0 Å². The molecule has 3 aromatic rings. The Bertz CT molecular complexity index is 710. The van der Waals surface area contributed by atoms with Gasteiger partial charge in [0, 0.05) is 35.6 Å². The highest BCUT2D eigenvalue weighted by Gasteiger charge is 2.16. The molecule has 90 valence electrons.